The summed E-state index contributed by atoms with van der Waals surface area (Å²) in [5.41, 5.74) is 3.04. The first-order valence-electron chi connectivity index (χ1n) is 10.1. The number of nitro benzene ring substituents is 1. The fourth-order valence-corrected chi connectivity index (χ4v) is 6.20. The molecule has 0 saturated carbocycles. The van der Waals surface area contributed by atoms with Gasteiger partial charge in [0.15, 0.2) is 0 Å². The number of nitro groups is 1. The molecule has 1 fully saturated rings. The smallest absolute Gasteiger partial charge is 0.274 e. The van der Waals surface area contributed by atoms with E-state index in [0.29, 0.717) is 46.7 Å². The number of rotatable bonds is 5. The van der Waals surface area contributed by atoms with Crippen molar-refractivity contribution in [1.29, 1.82) is 0 Å². The van der Waals surface area contributed by atoms with Crippen molar-refractivity contribution in [1.82, 2.24) is 4.31 Å². The minimum absolute atomic E-state index is 0.0732. The zero-order valence-corrected chi connectivity index (χ0v) is 19.0. The number of nitrogens with one attached hydrogen (secondary N) is 1. The topological polar surface area (TPSA) is 110 Å². The van der Waals surface area contributed by atoms with Crippen LogP contribution in [0.3, 0.4) is 0 Å². The van der Waals surface area contributed by atoms with Crippen LogP contribution >= 0.6 is 0 Å². The fourth-order valence-electron chi connectivity index (χ4n) is 4.27. The Kier molecular flexibility index (Phi) is 6.47. The maximum absolute atomic E-state index is 13.4. The van der Waals surface area contributed by atoms with Gasteiger partial charge < -0.3 is 5.32 Å². The molecule has 1 saturated heterocycles. The van der Waals surface area contributed by atoms with E-state index in [2.05, 4.69) is 5.32 Å². The Morgan fingerprint density at radius 2 is 1.81 bits per heavy atom. The highest BCUT2D eigenvalue weighted by molar-refractivity contribution is 7.89. The molecule has 9 heteroatoms. The molecule has 1 atom stereocenters. The van der Waals surface area contributed by atoms with Crippen molar-refractivity contribution in [2.45, 2.75) is 45.4 Å². The number of carbonyl (C=O) groups excluding carboxylic acids is 1. The molecular weight excluding hydrogens is 418 g/mol. The second-order valence-electron chi connectivity index (χ2n) is 8.13. The predicted molar refractivity (Wildman–Crippen MR) is 119 cm³/mol. The van der Waals surface area contributed by atoms with Gasteiger partial charge in [0.1, 0.15) is 0 Å². The van der Waals surface area contributed by atoms with Gasteiger partial charge in [-0.25, -0.2) is 8.42 Å². The average Bonchev–Trinajstić information content (AvgIpc) is 2.68. The molecule has 0 bridgehead atoms. The highest BCUT2D eigenvalue weighted by atomic mass is 32.2. The van der Waals surface area contributed by atoms with Crippen LogP contribution in [0.5, 0.6) is 0 Å². The molecule has 2 aromatic carbocycles. The first kappa shape index (κ1) is 22.9. The standard InChI is InChI=1S/C22H27N3O5S/c1-14-11-15(2)21(16(3)12-14)31(29,30)24-10-6-7-18(13-24)22(26)23-19-8-5-9-20(17(19)4)25(27)28/h5,8-9,11-12,18H,6-7,10,13H2,1-4H3,(H,23,26)/t18-/m0/s1. The van der Waals surface area contributed by atoms with Crippen LogP contribution < -0.4 is 5.32 Å². The van der Waals surface area contributed by atoms with Crippen molar-refractivity contribution in [3.63, 3.8) is 0 Å². The van der Waals surface area contributed by atoms with Crippen molar-refractivity contribution < 1.29 is 18.1 Å². The molecule has 8 nitrogen and oxygen atoms in total. The van der Waals surface area contributed by atoms with E-state index >= 15 is 0 Å². The lowest BCUT2D eigenvalue weighted by atomic mass is 9.98. The first-order chi connectivity index (χ1) is 14.5. The number of piperidine rings is 1. The van der Waals surface area contributed by atoms with E-state index < -0.39 is 20.9 Å². The molecule has 1 amide bonds. The number of hydrogen-bond donors (Lipinski definition) is 1. The summed E-state index contributed by atoms with van der Waals surface area (Å²) in [5.74, 6) is -0.867. The Labute approximate surface area is 182 Å². The van der Waals surface area contributed by atoms with Gasteiger partial charge in [0.25, 0.3) is 5.69 Å². The number of hydrogen-bond acceptors (Lipinski definition) is 5. The van der Waals surface area contributed by atoms with Gasteiger partial charge in [-0.1, -0.05) is 23.8 Å². The number of sulfonamides is 1. The van der Waals surface area contributed by atoms with Gasteiger partial charge in [0.05, 0.1) is 27.0 Å². The average molecular weight is 446 g/mol. The number of carbonyl (C=O) groups is 1. The van der Waals surface area contributed by atoms with Gasteiger partial charge in [-0.15, -0.1) is 0 Å². The summed E-state index contributed by atoms with van der Waals surface area (Å²) in [6.45, 7) is 7.50. The third-order valence-electron chi connectivity index (χ3n) is 5.72. The Morgan fingerprint density at radius 3 is 2.42 bits per heavy atom. The largest absolute Gasteiger partial charge is 0.325 e. The van der Waals surface area contributed by atoms with E-state index in [1.165, 1.54) is 16.4 Å². The van der Waals surface area contributed by atoms with Crippen molar-refractivity contribution in [3.05, 3.63) is 62.7 Å². The van der Waals surface area contributed by atoms with Crippen molar-refractivity contribution in [2.75, 3.05) is 18.4 Å². The Hall–Kier alpha value is -2.78. The fraction of sp³-hybridized carbons (Fsp3) is 0.409. The molecule has 1 heterocycles. The third-order valence-corrected chi connectivity index (χ3v) is 7.89. The predicted octanol–water partition coefficient (Wildman–Crippen LogP) is 3.87. The minimum Gasteiger partial charge on any atom is -0.325 e. The Balaban J connectivity index is 1.82. The SMILES string of the molecule is Cc1cc(C)c(S(=O)(=O)N2CCC[C@H](C(=O)Nc3cccc([N+](=O)[O-])c3C)C2)c(C)c1. The molecule has 0 radical (unpaired) electrons. The van der Waals surface area contributed by atoms with E-state index in [4.69, 9.17) is 0 Å². The Bertz CT molecular complexity index is 1120. The lowest BCUT2D eigenvalue weighted by Crippen LogP contribution is -2.44. The van der Waals surface area contributed by atoms with Crippen LogP contribution in [0.25, 0.3) is 0 Å². The number of aryl methyl sites for hydroxylation is 3. The van der Waals surface area contributed by atoms with Crippen molar-refractivity contribution >= 4 is 27.3 Å². The molecule has 0 unspecified atom stereocenters. The molecule has 166 valence electrons. The number of nitrogens with zero attached hydrogens (tertiary/aromatic N) is 2. The molecule has 3 rings (SSSR count). The summed E-state index contributed by atoms with van der Waals surface area (Å²) >= 11 is 0. The first-order valence-corrected chi connectivity index (χ1v) is 11.6. The highest BCUT2D eigenvalue weighted by Gasteiger charge is 2.35. The van der Waals surface area contributed by atoms with Crippen LogP contribution in [0.1, 0.15) is 35.1 Å². The molecule has 2 aromatic rings. The number of benzene rings is 2. The summed E-state index contributed by atoms with van der Waals surface area (Å²) in [6.07, 6.45) is 1.12. The second kappa shape index (κ2) is 8.76. The highest BCUT2D eigenvalue weighted by Crippen LogP contribution is 2.30. The zero-order chi connectivity index (χ0) is 22.9. The second-order valence-corrected chi connectivity index (χ2v) is 10.0. The molecule has 0 aliphatic carbocycles. The quantitative estimate of drug-likeness (QED) is 0.555. The normalized spacial score (nSPS) is 17.4. The summed E-state index contributed by atoms with van der Waals surface area (Å²) < 4.78 is 28.1. The molecule has 1 N–H and O–H groups in total. The number of amides is 1. The van der Waals surface area contributed by atoms with Crippen LogP contribution in [0.2, 0.25) is 0 Å². The summed E-state index contributed by atoms with van der Waals surface area (Å²) in [6, 6.07) is 8.20. The van der Waals surface area contributed by atoms with Gasteiger partial charge in [-0.3, -0.25) is 14.9 Å². The van der Waals surface area contributed by atoms with Gasteiger partial charge in [-0.2, -0.15) is 4.31 Å². The minimum atomic E-state index is -3.74. The monoisotopic (exact) mass is 445 g/mol. The maximum Gasteiger partial charge on any atom is 0.274 e. The zero-order valence-electron chi connectivity index (χ0n) is 18.1. The van der Waals surface area contributed by atoms with Crippen LogP contribution in [-0.2, 0) is 14.8 Å². The van der Waals surface area contributed by atoms with Crippen molar-refractivity contribution in [2.24, 2.45) is 5.92 Å². The molecule has 1 aliphatic rings. The lowest BCUT2D eigenvalue weighted by Gasteiger charge is -2.32. The lowest BCUT2D eigenvalue weighted by molar-refractivity contribution is -0.385. The molecular formula is C22H27N3O5S. The van der Waals surface area contributed by atoms with Gasteiger partial charge in [-0.05, 0) is 57.7 Å². The van der Waals surface area contributed by atoms with Crippen LogP contribution in [0.15, 0.2) is 35.2 Å². The van der Waals surface area contributed by atoms with Gasteiger partial charge in [0, 0.05) is 19.2 Å². The maximum atomic E-state index is 13.4. The molecule has 1 aliphatic heterocycles. The van der Waals surface area contributed by atoms with Crippen LogP contribution in [0.4, 0.5) is 11.4 Å². The van der Waals surface area contributed by atoms with Crippen LogP contribution in [0, 0.1) is 43.7 Å². The van der Waals surface area contributed by atoms with Gasteiger partial charge >= 0.3 is 0 Å². The van der Waals surface area contributed by atoms with Crippen LogP contribution in [-0.4, -0.2) is 36.6 Å². The van der Waals surface area contributed by atoms with E-state index in [9.17, 15) is 23.3 Å². The van der Waals surface area contributed by atoms with E-state index in [1.54, 1.807) is 26.8 Å². The number of anilines is 1. The van der Waals surface area contributed by atoms with E-state index in [0.717, 1.165) is 5.56 Å². The van der Waals surface area contributed by atoms with E-state index in [1.807, 2.05) is 19.1 Å². The van der Waals surface area contributed by atoms with Crippen molar-refractivity contribution in [3.8, 4) is 0 Å². The Morgan fingerprint density at radius 1 is 1.16 bits per heavy atom. The van der Waals surface area contributed by atoms with Gasteiger partial charge in [0.2, 0.25) is 15.9 Å². The molecule has 0 spiro atoms. The third kappa shape index (κ3) is 4.62. The van der Waals surface area contributed by atoms with E-state index in [-0.39, 0.29) is 18.1 Å². The molecule has 31 heavy (non-hydrogen) atoms. The molecule has 0 aromatic heterocycles. The summed E-state index contributed by atoms with van der Waals surface area (Å²) in [5, 5.41) is 13.9. The summed E-state index contributed by atoms with van der Waals surface area (Å²) in [7, 11) is -3.74. The summed E-state index contributed by atoms with van der Waals surface area (Å²) in [4.78, 5) is 23.8.